The van der Waals surface area contributed by atoms with E-state index in [1.54, 1.807) is 26.8 Å². The van der Waals surface area contributed by atoms with E-state index in [-0.39, 0.29) is 6.54 Å². The van der Waals surface area contributed by atoms with Crippen molar-refractivity contribution in [3.63, 3.8) is 0 Å². The number of nitrogens with zero attached hydrogens (tertiary/aromatic N) is 2. The minimum atomic E-state index is -1.16. The van der Waals surface area contributed by atoms with Crippen LogP contribution in [0.25, 0.3) is 0 Å². The number of amides is 1. The normalized spacial score (nSPS) is 12.8. The van der Waals surface area contributed by atoms with Crippen molar-refractivity contribution < 1.29 is 19.4 Å². The Morgan fingerprint density at radius 3 is 2.63 bits per heavy atom. The molecule has 2 N–H and O–H groups in total. The van der Waals surface area contributed by atoms with Crippen molar-refractivity contribution in [2.45, 2.75) is 39.0 Å². The lowest BCUT2D eigenvalue weighted by Gasteiger charge is -2.22. The van der Waals surface area contributed by atoms with Gasteiger partial charge in [-0.05, 0) is 42.8 Å². The van der Waals surface area contributed by atoms with E-state index in [1.807, 2.05) is 0 Å². The highest BCUT2D eigenvalue weighted by atomic mass is 79.9. The van der Waals surface area contributed by atoms with Gasteiger partial charge in [-0.15, -0.1) is 0 Å². The summed E-state index contributed by atoms with van der Waals surface area (Å²) in [6, 6.07) is 0.554. The molecule has 0 bridgehead atoms. The number of carboxylic acids is 1. The van der Waals surface area contributed by atoms with Crippen molar-refractivity contribution in [1.82, 2.24) is 15.1 Å². The SMILES string of the molecule is CC(C)(C)OC(=O)N[C@H](Cn1nccc1Br)C(=O)O. The van der Waals surface area contributed by atoms with Crippen molar-refractivity contribution in [3.8, 4) is 0 Å². The van der Waals surface area contributed by atoms with Crippen molar-refractivity contribution >= 4 is 28.0 Å². The quantitative estimate of drug-likeness (QED) is 0.873. The molecule has 7 nitrogen and oxygen atoms in total. The molecule has 19 heavy (non-hydrogen) atoms. The number of aliphatic carboxylic acids is 1. The summed E-state index contributed by atoms with van der Waals surface area (Å²) in [6.07, 6.45) is 0.749. The molecule has 0 aliphatic carbocycles. The van der Waals surface area contributed by atoms with E-state index in [0.717, 1.165) is 0 Å². The first kappa shape index (κ1) is 15.5. The van der Waals surface area contributed by atoms with Gasteiger partial charge in [0.1, 0.15) is 16.2 Å². The lowest BCUT2D eigenvalue weighted by Crippen LogP contribution is -2.45. The second kappa shape index (κ2) is 6.05. The van der Waals surface area contributed by atoms with Crippen molar-refractivity contribution in [2.75, 3.05) is 0 Å². The third-order valence-electron chi connectivity index (χ3n) is 2.01. The topological polar surface area (TPSA) is 93.5 Å². The molecule has 0 aliphatic heterocycles. The summed E-state index contributed by atoms with van der Waals surface area (Å²) in [6.45, 7) is 5.10. The summed E-state index contributed by atoms with van der Waals surface area (Å²) < 4.78 is 7.07. The van der Waals surface area contributed by atoms with Crippen LogP contribution in [0.4, 0.5) is 4.79 Å². The van der Waals surface area contributed by atoms with Gasteiger partial charge in [-0.2, -0.15) is 5.10 Å². The maximum Gasteiger partial charge on any atom is 0.408 e. The van der Waals surface area contributed by atoms with Crippen molar-refractivity contribution in [1.29, 1.82) is 0 Å². The Labute approximate surface area is 119 Å². The first-order valence-corrected chi connectivity index (χ1v) is 6.38. The first-order valence-electron chi connectivity index (χ1n) is 5.58. The number of ether oxygens (including phenoxy) is 1. The van der Waals surface area contributed by atoms with E-state index in [0.29, 0.717) is 4.60 Å². The third-order valence-corrected chi connectivity index (χ3v) is 2.68. The van der Waals surface area contributed by atoms with E-state index in [9.17, 15) is 9.59 Å². The average molecular weight is 334 g/mol. The molecule has 0 radical (unpaired) electrons. The Morgan fingerprint density at radius 2 is 2.21 bits per heavy atom. The molecule has 0 aliphatic rings. The highest BCUT2D eigenvalue weighted by molar-refractivity contribution is 9.10. The lowest BCUT2D eigenvalue weighted by molar-refractivity contribution is -0.139. The number of carboxylic acid groups (broad SMARTS) is 1. The number of nitrogens with one attached hydrogen (secondary N) is 1. The van der Waals surface area contributed by atoms with Crippen LogP contribution < -0.4 is 5.32 Å². The van der Waals surface area contributed by atoms with E-state index >= 15 is 0 Å². The van der Waals surface area contributed by atoms with E-state index in [2.05, 4.69) is 26.3 Å². The monoisotopic (exact) mass is 333 g/mol. The van der Waals surface area contributed by atoms with E-state index in [4.69, 9.17) is 9.84 Å². The number of alkyl carbamates (subject to hydrolysis) is 1. The van der Waals surface area contributed by atoms with Gasteiger partial charge < -0.3 is 15.2 Å². The number of hydrogen-bond acceptors (Lipinski definition) is 4. The molecule has 8 heteroatoms. The minimum Gasteiger partial charge on any atom is -0.480 e. The van der Waals surface area contributed by atoms with Crippen LogP contribution in [0.1, 0.15) is 20.8 Å². The Kier molecular flexibility index (Phi) is 4.93. The summed E-state index contributed by atoms with van der Waals surface area (Å²) in [5.41, 5.74) is -0.681. The van der Waals surface area contributed by atoms with E-state index in [1.165, 1.54) is 10.9 Å². The maximum atomic E-state index is 11.5. The smallest absolute Gasteiger partial charge is 0.408 e. The number of carbonyl (C=O) groups excluding carboxylic acids is 1. The molecular formula is C11H16BrN3O4. The summed E-state index contributed by atoms with van der Waals surface area (Å²) in [5.74, 6) is -1.16. The van der Waals surface area contributed by atoms with Gasteiger partial charge in [0.05, 0.1) is 12.7 Å². The van der Waals surface area contributed by atoms with Crippen LogP contribution in [0.5, 0.6) is 0 Å². The molecule has 0 saturated heterocycles. The van der Waals surface area contributed by atoms with Crippen LogP contribution in [0.3, 0.4) is 0 Å². The fraction of sp³-hybridized carbons (Fsp3) is 0.545. The predicted octanol–water partition coefficient (Wildman–Crippen LogP) is 1.62. The second-order valence-corrected chi connectivity index (χ2v) is 5.69. The van der Waals surface area contributed by atoms with Crippen LogP contribution >= 0.6 is 15.9 Å². The van der Waals surface area contributed by atoms with Gasteiger partial charge >= 0.3 is 12.1 Å². The van der Waals surface area contributed by atoms with Crippen LogP contribution in [-0.4, -0.2) is 38.6 Å². The molecule has 0 fully saturated rings. The number of halogens is 1. The lowest BCUT2D eigenvalue weighted by atomic mass is 10.2. The number of hydrogen-bond donors (Lipinski definition) is 2. The zero-order valence-electron chi connectivity index (χ0n) is 10.9. The standard InChI is InChI=1S/C11H16BrN3O4/c1-11(2,3)19-10(18)14-7(9(16)17)6-15-8(12)4-5-13-15/h4-5,7H,6H2,1-3H3,(H,14,18)(H,16,17)/t7-/m1/s1. The highest BCUT2D eigenvalue weighted by Gasteiger charge is 2.24. The fourth-order valence-corrected chi connectivity index (χ4v) is 1.61. The van der Waals surface area contributed by atoms with Gasteiger partial charge in [0.15, 0.2) is 0 Å². The van der Waals surface area contributed by atoms with Crippen LogP contribution in [0, 0.1) is 0 Å². The molecule has 1 rings (SSSR count). The summed E-state index contributed by atoms with van der Waals surface area (Å²) >= 11 is 3.22. The molecule has 0 saturated carbocycles. The second-order valence-electron chi connectivity index (χ2n) is 4.87. The van der Waals surface area contributed by atoms with Gasteiger partial charge in [0.25, 0.3) is 0 Å². The molecule has 106 valence electrons. The van der Waals surface area contributed by atoms with Gasteiger partial charge in [0, 0.05) is 0 Å². The summed E-state index contributed by atoms with van der Waals surface area (Å²) in [7, 11) is 0. The highest BCUT2D eigenvalue weighted by Crippen LogP contribution is 2.10. The summed E-state index contributed by atoms with van der Waals surface area (Å²) in [5, 5.41) is 15.3. The van der Waals surface area contributed by atoms with Crippen molar-refractivity contribution in [3.05, 3.63) is 16.9 Å². The van der Waals surface area contributed by atoms with Gasteiger partial charge in [0.2, 0.25) is 0 Å². The zero-order chi connectivity index (χ0) is 14.6. The van der Waals surface area contributed by atoms with Gasteiger partial charge in [-0.1, -0.05) is 0 Å². The molecule has 1 heterocycles. The van der Waals surface area contributed by atoms with Gasteiger partial charge in [-0.25, -0.2) is 9.59 Å². The van der Waals surface area contributed by atoms with Crippen molar-refractivity contribution in [2.24, 2.45) is 0 Å². The number of aromatic nitrogens is 2. The molecule has 0 unspecified atom stereocenters. The van der Waals surface area contributed by atoms with Crippen LogP contribution in [-0.2, 0) is 16.1 Å². The zero-order valence-corrected chi connectivity index (χ0v) is 12.5. The summed E-state index contributed by atoms with van der Waals surface area (Å²) in [4.78, 5) is 22.7. The predicted molar refractivity (Wildman–Crippen MR) is 70.7 cm³/mol. The Balaban J connectivity index is 2.67. The fourth-order valence-electron chi connectivity index (χ4n) is 1.26. The number of rotatable bonds is 4. The maximum absolute atomic E-state index is 11.5. The average Bonchev–Trinajstić information content (AvgIpc) is 2.60. The molecule has 1 aromatic rings. The first-order chi connectivity index (χ1) is 8.69. The molecule has 0 spiro atoms. The molecule has 1 amide bonds. The number of carbonyl (C=O) groups is 2. The van der Waals surface area contributed by atoms with Crippen LogP contribution in [0.15, 0.2) is 16.9 Å². The molecule has 1 aromatic heterocycles. The minimum absolute atomic E-state index is 0.00214. The Morgan fingerprint density at radius 1 is 1.58 bits per heavy atom. The molecule has 1 atom stereocenters. The van der Waals surface area contributed by atoms with Gasteiger partial charge in [-0.3, -0.25) is 4.68 Å². The Hall–Kier alpha value is -1.57. The molecular weight excluding hydrogens is 318 g/mol. The third kappa shape index (κ3) is 5.29. The largest absolute Gasteiger partial charge is 0.480 e. The van der Waals surface area contributed by atoms with Crippen LogP contribution in [0.2, 0.25) is 0 Å². The van der Waals surface area contributed by atoms with E-state index < -0.39 is 23.7 Å². The molecule has 0 aromatic carbocycles. The Bertz CT molecular complexity index is 467.